The lowest BCUT2D eigenvalue weighted by molar-refractivity contribution is -0.384. The smallest absolute Gasteiger partial charge is 0.269 e. The predicted octanol–water partition coefficient (Wildman–Crippen LogP) is 6.24. The zero-order valence-electron chi connectivity index (χ0n) is 16.4. The van der Waals surface area contributed by atoms with E-state index in [0.29, 0.717) is 17.0 Å². The fourth-order valence-electron chi connectivity index (χ4n) is 2.71. The number of hydrogen-bond acceptors (Lipinski definition) is 5. The Bertz CT molecular complexity index is 1230. The second-order valence-electron chi connectivity index (χ2n) is 6.53. The topological polar surface area (TPSA) is 105 Å². The van der Waals surface area contributed by atoms with Gasteiger partial charge in [0.25, 0.3) is 11.6 Å². The summed E-state index contributed by atoms with van der Waals surface area (Å²) in [5.74, 6) is -0.0959. The molecule has 0 radical (unpaired) electrons. The molecule has 0 saturated heterocycles. The van der Waals surface area contributed by atoms with Crippen molar-refractivity contribution in [3.05, 3.63) is 102 Å². The number of carbonyl (C=O) groups excluding carboxylic acids is 1. The van der Waals surface area contributed by atoms with Gasteiger partial charge in [0, 0.05) is 32.3 Å². The van der Waals surface area contributed by atoms with Gasteiger partial charge in [0.1, 0.15) is 24.0 Å². The minimum Gasteiger partial charge on any atom is -0.488 e. The van der Waals surface area contributed by atoms with Gasteiger partial charge in [-0.3, -0.25) is 14.9 Å². The molecule has 0 unspecified atom stereocenters. The number of carbonyl (C=O) groups is 1. The Balaban J connectivity index is 1.80. The summed E-state index contributed by atoms with van der Waals surface area (Å²) in [5, 5.41) is 23.0. The molecule has 0 fully saturated rings. The number of benzene rings is 3. The van der Waals surface area contributed by atoms with Gasteiger partial charge < -0.3 is 10.1 Å². The number of nitrogens with one attached hydrogen (secondary N) is 1. The molecule has 3 rings (SSSR count). The van der Waals surface area contributed by atoms with Gasteiger partial charge in [-0.25, -0.2) is 0 Å². The van der Waals surface area contributed by atoms with Gasteiger partial charge in [0.2, 0.25) is 0 Å². The summed E-state index contributed by atoms with van der Waals surface area (Å²) in [6, 6.07) is 20.2. The Labute approximate surface area is 200 Å². The van der Waals surface area contributed by atoms with Crippen molar-refractivity contribution in [3.63, 3.8) is 0 Å². The van der Waals surface area contributed by atoms with E-state index in [1.165, 1.54) is 18.2 Å². The quantitative estimate of drug-likeness (QED) is 0.160. The van der Waals surface area contributed by atoms with Gasteiger partial charge in [-0.05, 0) is 60.2 Å². The summed E-state index contributed by atoms with van der Waals surface area (Å²) in [5.41, 5.74) is 1.72. The van der Waals surface area contributed by atoms with Crippen LogP contribution in [0.1, 0.15) is 11.1 Å². The van der Waals surface area contributed by atoms with E-state index in [0.717, 1.165) is 14.5 Å². The van der Waals surface area contributed by atoms with Crippen LogP contribution in [-0.4, -0.2) is 10.8 Å². The lowest BCUT2D eigenvalue weighted by atomic mass is 10.1. The van der Waals surface area contributed by atoms with Crippen molar-refractivity contribution in [2.75, 3.05) is 5.32 Å². The minimum absolute atomic E-state index is 0.00358. The van der Waals surface area contributed by atoms with E-state index in [2.05, 4.69) is 37.2 Å². The average Bonchev–Trinajstić information content (AvgIpc) is 2.77. The van der Waals surface area contributed by atoms with Crippen molar-refractivity contribution in [1.29, 1.82) is 5.26 Å². The molecule has 0 spiro atoms. The molecule has 160 valence electrons. The van der Waals surface area contributed by atoms with Gasteiger partial charge in [-0.15, -0.1) is 0 Å². The van der Waals surface area contributed by atoms with E-state index < -0.39 is 10.8 Å². The van der Waals surface area contributed by atoms with Crippen LogP contribution >= 0.6 is 31.9 Å². The van der Waals surface area contributed by atoms with Crippen molar-refractivity contribution in [2.45, 2.75) is 6.61 Å². The molecule has 0 aliphatic rings. The highest BCUT2D eigenvalue weighted by Gasteiger charge is 2.13. The number of halogens is 2. The Morgan fingerprint density at radius 3 is 2.47 bits per heavy atom. The molecule has 9 heteroatoms. The highest BCUT2D eigenvalue weighted by Crippen LogP contribution is 2.27. The molecule has 0 heterocycles. The van der Waals surface area contributed by atoms with Gasteiger partial charge in [-0.1, -0.05) is 37.9 Å². The zero-order valence-corrected chi connectivity index (χ0v) is 19.6. The fourth-order valence-corrected chi connectivity index (χ4v) is 3.49. The Hall–Kier alpha value is -3.48. The SMILES string of the molecule is N#C/C(=C/c1cc(Br)ccc1OCc1ccc([N+](=O)[O-])cc1)C(=O)Nc1cccc(Br)c1. The van der Waals surface area contributed by atoms with Crippen molar-refractivity contribution in [1.82, 2.24) is 0 Å². The highest BCUT2D eigenvalue weighted by molar-refractivity contribution is 9.10. The van der Waals surface area contributed by atoms with Crippen LogP contribution in [0, 0.1) is 21.4 Å². The molecule has 0 atom stereocenters. The molecule has 0 saturated carbocycles. The van der Waals surface area contributed by atoms with Gasteiger partial charge in [0.15, 0.2) is 0 Å². The van der Waals surface area contributed by atoms with Crippen LogP contribution in [0.3, 0.4) is 0 Å². The number of amides is 1. The lowest BCUT2D eigenvalue weighted by Crippen LogP contribution is -2.13. The molecule has 0 aliphatic carbocycles. The molecule has 32 heavy (non-hydrogen) atoms. The Kier molecular flexibility index (Phi) is 7.76. The number of nitro groups is 1. The normalized spacial score (nSPS) is 10.8. The maximum absolute atomic E-state index is 12.6. The summed E-state index contributed by atoms with van der Waals surface area (Å²) in [4.78, 5) is 22.9. The summed E-state index contributed by atoms with van der Waals surface area (Å²) >= 11 is 6.73. The third kappa shape index (κ3) is 6.26. The molecule has 1 amide bonds. The third-order valence-corrected chi connectivity index (χ3v) is 5.25. The van der Waals surface area contributed by atoms with E-state index in [1.807, 2.05) is 12.1 Å². The molecule has 0 bridgehead atoms. The summed E-state index contributed by atoms with van der Waals surface area (Å²) in [6.07, 6.45) is 1.45. The number of nitrogens with zero attached hydrogens (tertiary/aromatic N) is 2. The molecule has 3 aromatic rings. The third-order valence-electron chi connectivity index (χ3n) is 4.26. The molecule has 1 N–H and O–H groups in total. The highest BCUT2D eigenvalue weighted by atomic mass is 79.9. The number of nitriles is 1. The van der Waals surface area contributed by atoms with Crippen LogP contribution in [0.5, 0.6) is 5.75 Å². The predicted molar refractivity (Wildman–Crippen MR) is 128 cm³/mol. The standard InChI is InChI=1S/C23H15Br2N3O4/c24-18-2-1-3-20(12-18)27-23(29)17(13-26)10-16-11-19(25)6-9-22(16)32-14-15-4-7-21(8-5-15)28(30)31/h1-12H,14H2,(H,27,29)/b17-10-. The van der Waals surface area contributed by atoms with E-state index in [9.17, 15) is 20.2 Å². The first-order valence-electron chi connectivity index (χ1n) is 9.20. The molecule has 0 aliphatic heterocycles. The zero-order chi connectivity index (χ0) is 23.1. The van der Waals surface area contributed by atoms with Crippen molar-refractivity contribution in [2.24, 2.45) is 0 Å². The number of hydrogen-bond donors (Lipinski definition) is 1. The van der Waals surface area contributed by atoms with Crippen molar-refractivity contribution < 1.29 is 14.5 Å². The molecular formula is C23H15Br2N3O4. The Morgan fingerprint density at radius 1 is 1.09 bits per heavy atom. The van der Waals surface area contributed by atoms with E-state index in [1.54, 1.807) is 48.5 Å². The molecule has 3 aromatic carbocycles. The van der Waals surface area contributed by atoms with Crippen LogP contribution in [0.2, 0.25) is 0 Å². The first kappa shape index (κ1) is 23.2. The van der Waals surface area contributed by atoms with Crippen LogP contribution < -0.4 is 10.1 Å². The number of anilines is 1. The number of rotatable bonds is 7. The van der Waals surface area contributed by atoms with Crippen LogP contribution in [-0.2, 0) is 11.4 Å². The van der Waals surface area contributed by atoms with Crippen LogP contribution in [0.15, 0.2) is 81.2 Å². The number of non-ortho nitro benzene ring substituents is 1. The average molecular weight is 557 g/mol. The second kappa shape index (κ2) is 10.7. The number of ether oxygens (including phenoxy) is 1. The van der Waals surface area contributed by atoms with Crippen LogP contribution in [0.25, 0.3) is 6.08 Å². The maximum atomic E-state index is 12.6. The minimum atomic E-state index is -0.549. The maximum Gasteiger partial charge on any atom is 0.269 e. The Morgan fingerprint density at radius 2 is 1.81 bits per heavy atom. The lowest BCUT2D eigenvalue weighted by Gasteiger charge is -2.11. The monoisotopic (exact) mass is 555 g/mol. The summed E-state index contributed by atoms with van der Waals surface area (Å²) in [6.45, 7) is 0.159. The molecular weight excluding hydrogens is 542 g/mol. The van der Waals surface area contributed by atoms with E-state index >= 15 is 0 Å². The van der Waals surface area contributed by atoms with Gasteiger partial charge >= 0.3 is 0 Å². The molecule has 7 nitrogen and oxygen atoms in total. The first-order chi connectivity index (χ1) is 15.4. The van der Waals surface area contributed by atoms with E-state index in [4.69, 9.17) is 4.74 Å². The number of nitro benzene ring substituents is 1. The summed E-state index contributed by atoms with van der Waals surface area (Å²) < 4.78 is 7.40. The van der Waals surface area contributed by atoms with Crippen molar-refractivity contribution in [3.8, 4) is 11.8 Å². The first-order valence-corrected chi connectivity index (χ1v) is 10.8. The van der Waals surface area contributed by atoms with E-state index in [-0.39, 0.29) is 17.9 Å². The van der Waals surface area contributed by atoms with Gasteiger partial charge in [-0.2, -0.15) is 5.26 Å². The van der Waals surface area contributed by atoms with Crippen molar-refractivity contribution >= 4 is 55.2 Å². The summed E-state index contributed by atoms with van der Waals surface area (Å²) in [7, 11) is 0. The largest absolute Gasteiger partial charge is 0.488 e. The second-order valence-corrected chi connectivity index (χ2v) is 8.36. The van der Waals surface area contributed by atoms with Gasteiger partial charge in [0.05, 0.1) is 4.92 Å². The molecule has 0 aromatic heterocycles. The van der Waals surface area contributed by atoms with Crippen LogP contribution in [0.4, 0.5) is 11.4 Å². The fraction of sp³-hybridized carbons (Fsp3) is 0.0435.